The summed E-state index contributed by atoms with van der Waals surface area (Å²) in [4.78, 5) is 14.3. The minimum atomic E-state index is -3.71. The number of likely N-dealkylation sites (N-methyl/N-ethyl adjacent to an activating group) is 1. The summed E-state index contributed by atoms with van der Waals surface area (Å²) in [7, 11) is -2.05. The molecule has 4 rings (SSSR count). The minimum Gasteiger partial charge on any atom is -0.349 e. The number of fused-ring (bicyclic) bond motifs is 1. The molecule has 28 heavy (non-hydrogen) atoms. The lowest BCUT2D eigenvalue weighted by Gasteiger charge is -2.24. The van der Waals surface area contributed by atoms with Crippen LogP contribution in [0, 0.1) is 0 Å². The fourth-order valence-electron chi connectivity index (χ4n) is 3.87. The van der Waals surface area contributed by atoms with Gasteiger partial charge in [0.15, 0.2) is 5.84 Å². The Morgan fingerprint density at radius 2 is 1.96 bits per heavy atom. The molecule has 2 heterocycles. The number of carbonyl (C=O) groups excluding carboxylic acids is 1. The van der Waals surface area contributed by atoms with Crippen molar-refractivity contribution < 1.29 is 13.2 Å². The Morgan fingerprint density at radius 3 is 2.75 bits per heavy atom. The van der Waals surface area contributed by atoms with Crippen molar-refractivity contribution in [3.05, 3.63) is 42.1 Å². The van der Waals surface area contributed by atoms with Crippen LogP contribution >= 0.6 is 0 Å². The van der Waals surface area contributed by atoms with Crippen LogP contribution in [0.2, 0.25) is 0 Å². The predicted molar refractivity (Wildman–Crippen MR) is 106 cm³/mol. The molecule has 1 amide bonds. The number of nitrogens with one attached hydrogen (secondary N) is 1. The van der Waals surface area contributed by atoms with Gasteiger partial charge in [0.05, 0.1) is 18.8 Å². The highest BCUT2D eigenvalue weighted by Gasteiger charge is 2.31. The molecule has 1 aliphatic heterocycles. The maximum absolute atomic E-state index is 12.6. The van der Waals surface area contributed by atoms with Crippen LogP contribution < -0.4 is 5.32 Å². The van der Waals surface area contributed by atoms with Gasteiger partial charge in [-0.15, -0.1) is 4.40 Å². The van der Waals surface area contributed by atoms with Crippen LogP contribution in [0.3, 0.4) is 0 Å². The average Bonchev–Trinajstić information content (AvgIpc) is 3.25. The van der Waals surface area contributed by atoms with E-state index in [2.05, 4.69) is 14.8 Å². The lowest BCUT2D eigenvalue weighted by Crippen LogP contribution is -2.35. The van der Waals surface area contributed by atoms with E-state index in [1.54, 1.807) is 42.4 Å². The molecular formula is C19H23N5O3S. The van der Waals surface area contributed by atoms with E-state index in [9.17, 15) is 13.2 Å². The first kappa shape index (κ1) is 18.7. The second-order valence-corrected chi connectivity index (χ2v) is 8.82. The fourth-order valence-corrected chi connectivity index (χ4v) is 5.12. The smallest absolute Gasteiger partial charge is 0.285 e. The predicted octanol–water partition coefficient (Wildman–Crippen LogP) is 2.41. The number of anilines is 1. The number of carbonyl (C=O) groups is 1. The number of amidine groups is 1. The first-order valence-electron chi connectivity index (χ1n) is 9.44. The molecule has 148 valence electrons. The largest absolute Gasteiger partial charge is 0.349 e. The summed E-state index contributed by atoms with van der Waals surface area (Å²) in [6.07, 6.45) is 7.42. The van der Waals surface area contributed by atoms with Gasteiger partial charge in [-0.05, 0) is 25.0 Å². The molecule has 2 aromatic rings. The monoisotopic (exact) mass is 401 g/mol. The molecular weight excluding hydrogens is 378 g/mol. The van der Waals surface area contributed by atoms with E-state index in [-0.39, 0.29) is 23.2 Å². The van der Waals surface area contributed by atoms with E-state index in [1.807, 2.05) is 4.68 Å². The van der Waals surface area contributed by atoms with Gasteiger partial charge in [0.1, 0.15) is 10.7 Å². The molecule has 0 unspecified atom stereocenters. The summed E-state index contributed by atoms with van der Waals surface area (Å²) in [5.41, 5.74) is 0.519. The number of aromatic nitrogens is 2. The zero-order chi connectivity index (χ0) is 19.7. The van der Waals surface area contributed by atoms with Crippen LogP contribution in [0.5, 0.6) is 0 Å². The third-order valence-corrected chi connectivity index (χ3v) is 6.54. The number of benzene rings is 1. The molecule has 9 heteroatoms. The third kappa shape index (κ3) is 3.54. The summed E-state index contributed by atoms with van der Waals surface area (Å²) < 4.78 is 30.1. The molecule has 1 aromatic heterocycles. The normalized spacial score (nSPS) is 18.4. The van der Waals surface area contributed by atoms with Crippen LogP contribution in [0.25, 0.3) is 0 Å². The maximum atomic E-state index is 12.6. The Bertz CT molecular complexity index is 1020. The average molecular weight is 401 g/mol. The van der Waals surface area contributed by atoms with Gasteiger partial charge >= 0.3 is 0 Å². The van der Waals surface area contributed by atoms with Gasteiger partial charge in [-0.3, -0.25) is 4.79 Å². The Hall–Kier alpha value is -2.68. The third-order valence-electron chi connectivity index (χ3n) is 5.21. The number of hydrogen-bond acceptors (Lipinski definition) is 5. The van der Waals surface area contributed by atoms with Gasteiger partial charge in [-0.1, -0.05) is 31.4 Å². The van der Waals surface area contributed by atoms with Crippen molar-refractivity contribution >= 4 is 27.6 Å². The molecule has 0 radical (unpaired) electrons. The van der Waals surface area contributed by atoms with Crippen molar-refractivity contribution in [1.29, 1.82) is 0 Å². The second-order valence-electron chi connectivity index (χ2n) is 7.24. The van der Waals surface area contributed by atoms with Crippen molar-refractivity contribution in [2.24, 2.45) is 4.40 Å². The standard InChI is InChI=1S/C19H23N5O3S/c1-23(19-15-9-5-6-10-16(15)28(26,27)22-19)13-18(25)21-17-11-12-20-24(17)14-7-3-2-4-8-14/h5-6,9-12,14H,2-4,7-8,13H2,1H3,(H,21,25). The molecule has 0 bridgehead atoms. The molecule has 1 N–H and O–H groups in total. The van der Waals surface area contributed by atoms with Crippen molar-refractivity contribution in [2.45, 2.75) is 43.0 Å². The fraction of sp³-hybridized carbons (Fsp3) is 0.421. The van der Waals surface area contributed by atoms with Crippen LogP contribution in [0.15, 0.2) is 45.8 Å². The molecule has 1 fully saturated rings. The number of hydrogen-bond donors (Lipinski definition) is 1. The molecule has 0 saturated heterocycles. The second kappa shape index (κ2) is 7.38. The summed E-state index contributed by atoms with van der Waals surface area (Å²) in [6.45, 7) is -0.0153. The van der Waals surface area contributed by atoms with E-state index in [4.69, 9.17) is 0 Å². The summed E-state index contributed by atoms with van der Waals surface area (Å²) in [5.74, 6) is 0.711. The maximum Gasteiger partial charge on any atom is 0.285 e. The van der Waals surface area contributed by atoms with Gasteiger partial charge in [-0.25, -0.2) is 4.68 Å². The molecule has 1 aliphatic carbocycles. The van der Waals surface area contributed by atoms with Gasteiger partial charge in [-0.2, -0.15) is 13.5 Å². The summed E-state index contributed by atoms with van der Waals surface area (Å²) in [6, 6.07) is 8.75. The topological polar surface area (TPSA) is 96.7 Å². The van der Waals surface area contributed by atoms with Gasteiger partial charge < -0.3 is 10.2 Å². The molecule has 1 saturated carbocycles. The van der Waals surface area contributed by atoms with E-state index in [0.29, 0.717) is 17.4 Å². The minimum absolute atomic E-state index is 0.0153. The lowest BCUT2D eigenvalue weighted by molar-refractivity contribution is -0.116. The lowest BCUT2D eigenvalue weighted by atomic mass is 9.96. The SMILES string of the molecule is CN(CC(=O)Nc1ccnn1C1CCCCC1)C1=NS(=O)(=O)c2ccccc21. The molecule has 1 aromatic carbocycles. The van der Waals surface area contributed by atoms with Gasteiger partial charge in [0.2, 0.25) is 5.91 Å². The van der Waals surface area contributed by atoms with E-state index in [0.717, 1.165) is 12.8 Å². The summed E-state index contributed by atoms with van der Waals surface area (Å²) in [5, 5.41) is 7.29. The van der Waals surface area contributed by atoms with E-state index >= 15 is 0 Å². The molecule has 0 spiro atoms. The number of amides is 1. The van der Waals surface area contributed by atoms with Gasteiger partial charge in [0, 0.05) is 18.7 Å². The van der Waals surface area contributed by atoms with Crippen LogP contribution in [-0.4, -0.2) is 48.4 Å². The van der Waals surface area contributed by atoms with E-state index in [1.165, 1.54) is 25.3 Å². The first-order valence-corrected chi connectivity index (χ1v) is 10.9. The number of sulfonamides is 1. The number of rotatable bonds is 4. The highest BCUT2D eigenvalue weighted by atomic mass is 32.2. The zero-order valence-electron chi connectivity index (χ0n) is 15.7. The Labute approximate surface area is 164 Å². The van der Waals surface area contributed by atoms with E-state index < -0.39 is 10.0 Å². The summed E-state index contributed by atoms with van der Waals surface area (Å²) >= 11 is 0. The molecule has 0 atom stereocenters. The first-order chi connectivity index (χ1) is 13.5. The Kier molecular flexibility index (Phi) is 4.92. The van der Waals surface area contributed by atoms with Crippen LogP contribution in [-0.2, 0) is 14.8 Å². The quantitative estimate of drug-likeness (QED) is 0.849. The van der Waals surface area contributed by atoms with Crippen LogP contribution in [0.4, 0.5) is 5.82 Å². The zero-order valence-corrected chi connectivity index (χ0v) is 16.5. The highest BCUT2D eigenvalue weighted by molar-refractivity contribution is 7.90. The van der Waals surface area contributed by atoms with Crippen molar-refractivity contribution in [3.8, 4) is 0 Å². The van der Waals surface area contributed by atoms with Crippen molar-refractivity contribution in [2.75, 3.05) is 18.9 Å². The Morgan fingerprint density at radius 1 is 1.21 bits per heavy atom. The van der Waals surface area contributed by atoms with Crippen molar-refractivity contribution in [3.63, 3.8) is 0 Å². The van der Waals surface area contributed by atoms with Gasteiger partial charge in [0.25, 0.3) is 10.0 Å². The highest BCUT2D eigenvalue weighted by Crippen LogP contribution is 2.30. The Balaban J connectivity index is 1.46. The number of nitrogens with zero attached hydrogens (tertiary/aromatic N) is 4. The molecule has 8 nitrogen and oxygen atoms in total. The molecule has 2 aliphatic rings. The van der Waals surface area contributed by atoms with Crippen LogP contribution in [0.1, 0.15) is 43.7 Å². The van der Waals surface area contributed by atoms with Crippen molar-refractivity contribution in [1.82, 2.24) is 14.7 Å².